The van der Waals surface area contributed by atoms with Gasteiger partial charge < -0.3 is 14.2 Å². The van der Waals surface area contributed by atoms with Crippen LogP contribution in [0.2, 0.25) is 0 Å². The number of hydrogen-bond donors (Lipinski definition) is 0. The molecule has 208 valence electrons. The maximum atomic E-state index is 14.0. The molecule has 0 unspecified atom stereocenters. The molecule has 0 saturated heterocycles. The standard InChI is InChI=1S/C33H36N2O4S/c1-33-13-11-23-22-9-7-21(37-2)16-20(22)6-8-24(23)25(33)17-28-30(33)29-31(40-28)34-18-35(32(29)36)14-12-19-5-10-26(38-3)27(15-19)39-4/h5,7,9-10,15-16,18,23-25H,6,8,11-14,17H2,1-4H3/t23-,24-,25+,33+/m1/s1. The second kappa shape index (κ2) is 9.65. The number of methoxy groups -OCH3 is 3. The van der Waals surface area contributed by atoms with Gasteiger partial charge in [-0.3, -0.25) is 9.36 Å². The second-order valence-electron chi connectivity index (χ2n) is 11.9. The van der Waals surface area contributed by atoms with E-state index in [1.165, 1.54) is 34.4 Å². The topological polar surface area (TPSA) is 62.6 Å². The van der Waals surface area contributed by atoms with Gasteiger partial charge >= 0.3 is 0 Å². The van der Waals surface area contributed by atoms with Gasteiger partial charge in [0.05, 0.1) is 33.0 Å². The van der Waals surface area contributed by atoms with Crippen LogP contribution in [0.3, 0.4) is 0 Å². The van der Waals surface area contributed by atoms with Gasteiger partial charge in [-0.1, -0.05) is 19.1 Å². The summed E-state index contributed by atoms with van der Waals surface area (Å²) in [4.78, 5) is 21.1. The van der Waals surface area contributed by atoms with E-state index in [-0.39, 0.29) is 11.0 Å². The summed E-state index contributed by atoms with van der Waals surface area (Å²) in [6.45, 7) is 3.02. The first-order valence-electron chi connectivity index (χ1n) is 14.3. The fourth-order valence-electron chi connectivity index (χ4n) is 8.16. The quantitative estimate of drug-likeness (QED) is 0.279. The van der Waals surface area contributed by atoms with Crippen molar-refractivity contribution in [2.75, 3.05) is 21.3 Å². The third-order valence-electron chi connectivity index (χ3n) is 10.1. The molecule has 4 atom stereocenters. The van der Waals surface area contributed by atoms with Gasteiger partial charge in [-0.25, -0.2) is 4.98 Å². The third-order valence-corrected chi connectivity index (χ3v) is 11.3. The highest BCUT2D eigenvalue weighted by molar-refractivity contribution is 7.18. The molecule has 40 heavy (non-hydrogen) atoms. The molecule has 0 spiro atoms. The largest absolute Gasteiger partial charge is 0.497 e. The van der Waals surface area contributed by atoms with Crippen LogP contribution in [-0.4, -0.2) is 30.9 Å². The fourth-order valence-corrected chi connectivity index (χ4v) is 9.48. The van der Waals surface area contributed by atoms with Crippen molar-refractivity contribution >= 4 is 21.6 Å². The molecule has 1 saturated carbocycles. The number of aromatic nitrogens is 2. The molecular formula is C33H36N2O4S. The maximum absolute atomic E-state index is 14.0. The van der Waals surface area contributed by atoms with E-state index in [4.69, 9.17) is 19.2 Å². The first-order valence-corrected chi connectivity index (χ1v) is 15.2. The van der Waals surface area contributed by atoms with E-state index in [9.17, 15) is 4.79 Å². The molecule has 0 N–H and O–H groups in total. The molecule has 2 aromatic carbocycles. The summed E-state index contributed by atoms with van der Waals surface area (Å²) in [7, 11) is 5.03. The molecule has 7 heteroatoms. The Balaban J connectivity index is 1.19. The van der Waals surface area contributed by atoms with Crippen LogP contribution in [-0.2, 0) is 31.2 Å². The van der Waals surface area contributed by atoms with Crippen molar-refractivity contribution in [3.05, 3.63) is 80.2 Å². The molecule has 2 heterocycles. The summed E-state index contributed by atoms with van der Waals surface area (Å²) >= 11 is 1.76. The third kappa shape index (κ3) is 3.80. The molecule has 1 fully saturated rings. The predicted octanol–water partition coefficient (Wildman–Crippen LogP) is 6.30. The van der Waals surface area contributed by atoms with Gasteiger partial charge in [-0.05, 0) is 108 Å². The molecule has 0 bridgehead atoms. The highest BCUT2D eigenvalue weighted by Crippen LogP contribution is 2.62. The summed E-state index contributed by atoms with van der Waals surface area (Å²) < 4.78 is 18.2. The zero-order chi connectivity index (χ0) is 27.6. The van der Waals surface area contributed by atoms with Crippen LogP contribution in [0.25, 0.3) is 10.2 Å². The van der Waals surface area contributed by atoms with Crippen LogP contribution in [0.1, 0.15) is 59.2 Å². The van der Waals surface area contributed by atoms with E-state index in [1.54, 1.807) is 43.6 Å². The summed E-state index contributed by atoms with van der Waals surface area (Å²) in [5, 5.41) is 0.874. The normalized spacial score (nSPS) is 24.6. The van der Waals surface area contributed by atoms with Crippen molar-refractivity contribution in [3.63, 3.8) is 0 Å². The molecule has 4 aromatic rings. The summed E-state index contributed by atoms with van der Waals surface area (Å²) in [5.41, 5.74) is 5.54. The summed E-state index contributed by atoms with van der Waals surface area (Å²) in [6, 6.07) is 12.6. The number of ether oxygens (including phenoxy) is 3. The summed E-state index contributed by atoms with van der Waals surface area (Å²) in [6.07, 6.45) is 8.13. The monoisotopic (exact) mass is 556 g/mol. The van der Waals surface area contributed by atoms with Crippen molar-refractivity contribution in [2.45, 2.75) is 63.3 Å². The Morgan fingerprint density at radius 2 is 1.90 bits per heavy atom. The van der Waals surface area contributed by atoms with Gasteiger partial charge in [0.2, 0.25) is 0 Å². The Morgan fingerprint density at radius 1 is 1.05 bits per heavy atom. The number of aryl methyl sites for hydroxylation is 3. The van der Waals surface area contributed by atoms with Crippen LogP contribution >= 0.6 is 11.3 Å². The Hall–Kier alpha value is -3.32. The van der Waals surface area contributed by atoms with Gasteiger partial charge in [-0.2, -0.15) is 0 Å². The molecule has 3 aliphatic carbocycles. The Bertz CT molecular complexity index is 1670. The minimum Gasteiger partial charge on any atom is -0.497 e. The van der Waals surface area contributed by atoms with Crippen molar-refractivity contribution in [1.82, 2.24) is 9.55 Å². The van der Waals surface area contributed by atoms with Gasteiger partial charge in [0, 0.05) is 11.4 Å². The summed E-state index contributed by atoms with van der Waals surface area (Å²) in [5.74, 6) is 4.20. The minimum absolute atomic E-state index is 0.0299. The minimum atomic E-state index is 0.0299. The van der Waals surface area contributed by atoms with Crippen LogP contribution in [0.5, 0.6) is 17.2 Å². The molecule has 6 nitrogen and oxygen atoms in total. The molecule has 3 aliphatic rings. The van der Waals surface area contributed by atoms with Crippen molar-refractivity contribution < 1.29 is 14.2 Å². The van der Waals surface area contributed by atoms with Crippen LogP contribution < -0.4 is 19.8 Å². The van der Waals surface area contributed by atoms with Gasteiger partial charge in [0.15, 0.2) is 11.5 Å². The Kier molecular flexibility index (Phi) is 6.19. The average molecular weight is 557 g/mol. The first-order chi connectivity index (χ1) is 19.4. The van der Waals surface area contributed by atoms with Crippen LogP contribution in [0.15, 0.2) is 47.5 Å². The lowest BCUT2D eigenvalue weighted by Gasteiger charge is -2.49. The fraction of sp³-hybridized carbons (Fsp3) is 0.455. The number of thiophene rings is 1. The van der Waals surface area contributed by atoms with Gasteiger partial charge in [0.25, 0.3) is 5.56 Å². The van der Waals surface area contributed by atoms with Crippen molar-refractivity contribution in [3.8, 4) is 17.2 Å². The van der Waals surface area contributed by atoms with E-state index >= 15 is 0 Å². The zero-order valence-electron chi connectivity index (χ0n) is 23.7. The molecule has 2 aromatic heterocycles. The number of nitrogens with zero attached hydrogens (tertiary/aromatic N) is 2. The molecular weight excluding hydrogens is 520 g/mol. The van der Waals surface area contributed by atoms with E-state index < -0.39 is 0 Å². The Labute approximate surface area is 238 Å². The van der Waals surface area contributed by atoms with Crippen molar-refractivity contribution in [1.29, 1.82) is 0 Å². The van der Waals surface area contributed by atoms with Crippen LogP contribution in [0.4, 0.5) is 0 Å². The number of rotatable bonds is 6. The van der Waals surface area contributed by atoms with Gasteiger partial charge in [-0.15, -0.1) is 11.3 Å². The number of benzene rings is 2. The zero-order valence-corrected chi connectivity index (χ0v) is 24.5. The van der Waals surface area contributed by atoms with E-state index in [0.717, 1.165) is 40.8 Å². The number of fused-ring (bicyclic) bond motifs is 9. The van der Waals surface area contributed by atoms with E-state index in [1.807, 2.05) is 18.2 Å². The maximum Gasteiger partial charge on any atom is 0.262 e. The molecule has 7 rings (SSSR count). The van der Waals surface area contributed by atoms with Crippen LogP contribution in [0, 0.1) is 11.8 Å². The lowest BCUT2D eigenvalue weighted by atomic mass is 9.55. The molecule has 0 aliphatic heterocycles. The molecule has 0 radical (unpaired) electrons. The number of hydrogen-bond acceptors (Lipinski definition) is 6. The van der Waals surface area contributed by atoms with Gasteiger partial charge in [0.1, 0.15) is 10.6 Å². The first kappa shape index (κ1) is 25.6. The van der Waals surface area contributed by atoms with E-state index in [0.29, 0.717) is 42.2 Å². The lowest BCUT2D eigenvalue weighted by molar-refractivity contribution is 0.106. The highest BCUT2D eigenvalue weighted by atomic mass is 32.1. The van der Waals surface area contributed by atoms with Crippen molar-refractivity contribution in [2.24, 2.45) is 11.8 Å². The molecule has 0 amide bonds. The average Bonchev–Trinajstić information content (AvgIpc) is 3.50. The smallest absolute Gasteiger partial charge is 0.262 e. The highest BCUT2D eigenvalue weighted by Gasteiger charge is 2.54. The predicted molar refractivity (Wildman–Crippen MR) is 158 cm³/mol. The van der Waals surface area contributed by atoms with E-state index in [2.05, 4.69) is 25.1 Å². The lowest BCUT2D eigenvalue weighted by Crippen LogP contribution is -2.43. The Morgan fingerprint density at radius 3 is 2.70 bits per heavy atom. The second-order valence-corrected chi connectivity index (χ2v) is 13.0. The SMILES string of the molecule is COc1ccc2c(c1)CC[C@@H]1[C@@H]2CC[C@]2(C)c3c(sc4ncn(CCc5ccc(OC)c(OC)c5)c(=O)c34)C[C@@H]12.